The molecule has 0 saturated carbocycles. The van der Waals surface area contributed by atoms with Gasteiger partial charge in [-0.25, -0.2) is 0 Å². The second-order valence-electron chi connectivity index (χ2n) is 5.47. The molecule has 0 atom stereocenters. The van der Waals surface area contributed by atoms with Crippen molar-refractivity contribution in [3.8, 4) is 5.75 Å². The Morgan fingerprint density at radius 2 is 1.87 bits per heavy atom. The van der Waals surface area contributed by atoms with Gasteiger partial charge in [0.25, 0.3) is 0 Å². The van der Waals surface area contributed by atoms with E-state index in [1.807, 2.05) is 23.1 Å². The number of nitrogens with zero attached hydrogens (tertiary/aromatic N) is 1. The van der Waals surface area contributed by atoms with Crippen molar-refractivity contribution in [1.29, 1.82) is 0 Å². The zero-order valence-corrected chi connectivity index (χ0v) is 13.2. The van der Waals surface area contributed by atoms with Gasteiger partial charge in [-0.3, -0.25) is 0 Å². The normalized spacial score (nSPS) is 14.6. The lowest BCUT2D eigenvalue weighted by atomic mass is 9.99. The predicted molar refractivity (Wildman–Crippen MR) is 84.2 cm³/mol. The molecule has 2 nitrogen and oxygen atoms in total. The maximum atomic E-state index is 12.8. The lowest BCUT2D eigenvalue weighted by Crippen LogP contribution is -2.30. The number of halogens is 4. The van der Waals surface area contributed by atoms with E-state index in [9.17, 15) is 13.2 Å². The third-order valence-corrected chi connectivity index (χ3v) is 4.36. The number of methoxy groups -OCH3 is 1. The quantitative estimate of drug-likeness (QED) is 0.768. The highest BCUT2D eigenvalue weighted by atomic mass is 35.5. The van der Waals surface area contributed by atoms with Crippen LogP contribution in [0.2, 0.25) is 5.02 Å². The van der Waals surface area contributed by atoms with Crippen LogP contribution in [0.4, 0.5) is 18.9 Å². The van der Waals surface area contributed by atoms with E-state index in [2.05, 4.69) is 0 Å². The predicted octanol–water partition coefficient (Wildman–Crippen LogP) is 4.93. The molecular weight excluding hydrogens is 327 g/mol. The topological polar surface area (TPSA) is 12.5 Å². The van der Waals surface area contributed by atoms with Crippen molar-refractivity contribution >= 4 is 17.3 Å². The summed E-state index contributed by atoms with van der Waals surface area (Å²) in [5, 5.41) is -0.268. The van der Waals surface area contributed by atoms with Gasteiger partial charge in [0, 0.05) is 18.8 Å². The first-order valence-corrected chi connectivity index (χ1v) is 7.54. The summed E-state index contributed by atoms with van der Waals surface area (Å²) in [5.74, 6) is 0.815. The van der Waals surface area contributed by atoms with Crippen LogP contribution in [0.25, 0.3) is 0 Å². The number of hydrogen-bond donors (Lipinski definition) is 0. The molecule has 1 heterocycles. The van der Waals surface area contributed by atoms with E-state index >= 15 is 0 Å². The molecule has 2 aromatic carbocycles. The summed E-state index contributed by atoms with van der Waals surface area (Å²) in [4.78, 5) is 2.03. The zero-order valence-electron chi connectivity index (χ0n) is 12.5. The SMILES string of the molecule is COc1ccc2c(c1)CCN(c1ccc(C(F)(F)F)c(Cl)c1)C2. The largest absolute Gasteiger partial charge is 0.497 e. The van der Waals surface area contributed by atoms with Gasteiger partial charge < -0.3 is 9.64 Å². The first-order valence-electron chi connectivity index (χ1n) is 7.16. The van der Waals surface area contributed by atoms with Gasteiger partial charge in [-0.15, -0.1) is 0 Å². The van der Waals surface area contributed by atoms with Crippen molar-refractivity contribution in [3.05, 3.63) is 58.1 Å². The number of fused-ring (bicyclic) bond motifs is 1. The van der Waals surface area contributed by atoms with Crippen molar-refractivity contribution in [2.75, 3.05) is 18.6 Å². The van der Waals surface area contributed by atoms with E-state index in [0.717, 1.165) is 30.3 Å². The number of hydrogen-bond acceptors (Lipinski definition) is 2. The molecule has 122 valence electrons. The van der Waals surface area contributed by atoms with Gasteiger partial charge in [0.2, 0.25) is 0 Å². The van der Waals surface area contributed by atoms with Gasteiger partial charge in [-0.2, -0.15) is 13.2 Å². The van der Waals surface area contributed by atoms with Gasteiger partial charge in [0.1, 0.15) is 5.75 Å². The van der Waals surface area contributed by atoms with Gasteiger partial charge >= 0.3 is 6.18 Å². The van der Waals surface area contributed by atoms with Crippen molar-refractivity contribution in [1.82, 2.24) is 0 Å². The highest BCUT2D eigenvalue weighted by Gasteiger charge is 2.33. The van der Waals surface area contributed by atoms with E-state index in [4.69, 9.17) is 16.3 Å². The van der Waals surface area contributed by atoms with Crippen molar-refractivity contribution < 1.29 is 17.9 Å². The number of anilines is 1. The van der Waals surface area contributed by atoms with Crippen LogP contribution in [-0.2, 0) is 19.1 Å². The van der Waals surface area contributed by atoms with Gasteiger partial charge in [-0.05, 0) is 47.9 Å². The van der Waals surface area contributed by atoms with Gasteiger partial charge in [0.15, 0.2) is 0 Å². The fraction of sp³-hybridized carbons (Fsp3) is 0.294. The minimum atomic E-state index is -4.43. The lowest BCUT2D eigenvalue weighted by molar-refractivity contribution is -0.137. The summed E-state index contributed by atoms with van der Waals surface area (Å²) in [5.41, 5.74) is 2.25. The summed E-state index contributed by atoms with van der Waals surface area (Å²) in [6.07, 6.45) is -3.62. The Morgan fingerprint density at radius 3 is 2.52 bits per heavy atom. The Hall–Kier alpha value is -1.88. The summed E-state index contributed by atoms with van der Waals surface area (Å²) in [7, 11) is 1.63. The summed E-state index contributed by atoms with van der Waals surface area (Å²) in [6, 6.07) is 9.80. The van der Waals surface area contributed by atoms with E-state index in [1.165, 1.54) is 17.7 Å². The molecule has 0 aromatic heterocycles. The minimum absolute atomic E-state index is 0.268. The Balaban J connectivity index is 1.85. The maximum Gasteiger partial charge on any atom is 0.417 e. The number of benzene rings is 2. The molecule has 1 aliphatic heterocycles. The first-order chi connectivity index (χ1) is 10.9. The van der Waals surface area contributed by atoms with E-state index in [1.54, 1.807) is 7.11 Å². The van der Waals surface area contributed by atoms with Crippen LogP contribution in [0, 0.1) is 0 Å². The molecule has 0 fully saturated rings. The Labute approximate surface area is 137 Å². The number of rotatable bonds is 2. The lowest BCUT2D eigenvalue weighted by Gasteiger charge is -2.31. The molecule has 0 bridgehead atoms. The highest BCUT2D eigenvalue weighted by Crippen LogP contribution is 2.37. The van der Waals surface area contributed by atoms with E-state index in [-0.39, 0.29) is 5.02 Å². The average molecular weight is 342 g/mol. The standard InChI is InChI=1S/C17H15ClF3NO/c1-23-14-4-2-12-10-22(7-6-11(12)8-14)13-3-5-15(16(18)9-13)17(19,20)21/h2-5,8-9H,6-7,10H2,1H3. The molecule has 0 saturated heterocycles. The highest BCUT2D eigenvalue weighted by molar-refractivity contribution is 6.31. The first kappa shape index (κ1) is 16.0. The van der Waals surface area contributed by atoms with E-state index in [0.29, 0.717) is 12.2 Å². The molecule has 0 amide bonds. The molecule has 0 N–H and O–H groups in total. The smallest absolute Gasteiger partial charge is 0.417 e. The summed E-state index contributed by atoms with van der Waals surface area (Å²) in [6.45, 7) is 1.36. The molecule has 23 heavy (non-hydrogen) atoms. The summed E-state index contributed by atoms with van der Waals surface area (Å²) >= 11 is 5.81. The average Bonchev–Trinajstić information content (AvgIpc) is 2.52. The minimum Gasteiger partial charge on any atom is -0.497 e. The molecule has 0 unspecified atom stereocenters. The molecule has 6 heteroatoms. The molecule has 2 aromatic rings. The van der Waals surface area contributed by atoms with E-state index < -0.39 is 11.7 Å². The summed E-state index contributed by atoms with van der Waals surface area (Å²) < 4.78 is 43.6. The zero-order chi connectivity index (χ0) is 16.6. The maximum absolute atomic E-state index is 12.8. The molecular formula is C17H15ClF3NO. The fourth-order valence-electron chi connectivity index (χ4n) is 2.81. The fourth-order valence-corrected chi connectivity index (χ4v) is 3.09. The number of alkyl halides is 3. The molecule has 0 aliphatic carbocycles. The van der Waals surface area contributed by atoms with Crippen LogP contribution < -0.4 is 9.64 Å². The second kappa shape index (κ2) is 5.96. The van der Waals surface area contributed by atoms with Gasteiger partial charge in [-0.1, -0.05) is 17.7 Å². The van der Waals surface area contributed by atoms with Crippen LogP contribution >= 0.6 is 11.6 Å². The third-order valence-electron chi connectivity index (χ3n) is 4.05. The Kier molecular flexibility index (Phi) is 4.15. The van der Waals surface area contributed by atoms with Crippen LogP contribution in [0.15, 0.2) is 36.4 Å². The third kappa shape index (κ3) is 3.24. The van der Waals surface area contributed by atoms with Crippen LogP contribution in [0.5, 0.6) is 5.75 Å². The van der Waals surface area contributed by atoms with Crippen LogP contribution in [0.1, 0.15) is 16.7 Å². The van der Waals surface area contributed by atoms with Crippen molar-refractivity contribution in [2.24, 2.45) is 0 Å². The van der Waals surface area contributed by atoms with Gasteiger partial charge in [0.05, 0.1) is 17.7 Å². The monoisotopic (exact) mass is 341 g/mol. The second-order valence-corrected chi connectivity index (χ2v) is 5.88. The Bertz CT molecular complexity index is 730. The van der Waals surface area contributed by atoms with Crippen LogP contribution in [0.3, 0.4) is 0 Å². The van der Waals surface area contributed by atoms with Crippen molar-refractivity contribution in [3.63, 3.8) is 0 Å². The Morgan fingerprint density at radius 1 is 1.09 bits per heavy atom. The molecule has 1 aliphatic rings. The van der Waals surface area contributed by atoms with Crippen LogP contribution in [-0.4, -0.2) is 13.7 Å². The number of ether oxygens (including phenoxy) is 1. The molecule has 3 rings (SSSR count). The molecule has 0 spiro atoms. The molecule has 0 radical (unpaired) electrons. The van der Waals surface area contributed by atoms with Crippen molar-refractivity contribution in [2.45, 2.75) is 19.1 Å².